The number of ether oxygens (including phenoxy) is 1. The normalized spacial score (nSPS) is 19.2. The summed E-state index contributed by atoms with van der Waals surface area (Å²) in [6, 6.07) is 17.2. The topological polar surface area (TPSA) is 52.1 Å². The number of rotatable bonds is 7. The van der Waals surface area contributed by atoms with Crippen LogP contribution >= 0.6 is 24.0 Å². The van der Waals surface area contributed by atoms with Crippen LogP contribution in [0.1, 0.15) is 30.0 Å². The Bertz CT molecular complexity index is 864. The number of benzene rings is 2. The summed E-state index contributed by atoms with van der Waals surface area (Å²) in [6.45, 7) is 10.1. The molecule has 1 unspecified atom stereocenters. The van der Waals surface area contributed by atoms with E-state index in [1.54, 1.807) is 0 Å². The zero-order valence-corrected chi connectivity index (χ0v) is 22.3. The van der Waals surface area contributed by atoms with Crippen molar-refractivity contribution >= 4 is 29.9 Å². The summed E-state index contributed by atoms with van der Waals surface area (Å²) in [4.78, 5) is 9.77. The lowest BCUT2D eigenvalue weighted by molar-refractivity contribution is 0.235. The van der Waals surface area contributed by atoms with Gasteiger partial charge < -0.3 is 20.3 Å². The molecule has 0 radical (unpaired) electrons. The highest BCUT2D eigenvalue weighted by atomic mass is 127. The van der Waals surface area contributed by atoms with Gasteiger partial charge in [0.2, 0.25) is 0 Å². The first kappa shape index (κ1) is 25.8. The van der Waals surface area contributed by atoms with Gasteiger partial charge in [0.1, 0.15) is 11.9 Å². The van der Waals surface area contributed by atoms with Crippen LogP contribution in [-0.2, 0) is 19.5 Å². The van der Waals surface area contributed by atoms with Gasteiger partial charge >= 0.3 is 0 Å². The van der Waals surface area contributed by atoms with Gasteiger partial charge in [0, 0.05) is 32.6 Å². The second kappa shape index (κ2) is 13.2. The van der Waals surface area contributed by atoms with Gasteiger partial charge in [-0.15, -0.1) is 24.0 Å². The summed E-state index contributed by atoms with van der Waals surface area (Å²) in [7, 11) is 2.22. The number of nitrogens with one attached hydrogen (secondary N) is 2. The Labute approximate surface area is 215 Å². The molecule has 6 nitrogen and oxygen atoms in total. The van der Waals surface area contributed by atoms with E-state index in [1.165, 1.54) is 36.2 Å². The zero-order valence-electron chi connectivity index (χ0n) is 19.9. The molecule has 0 aliphatic carbocycles. The quantitative estimate of drug-likeness (QED) is 0.307. The average Bonchev–Trinajstić information content (AvgIpc) is 3.12. The molecular weight excluding hydrogens is 525 g/mol. The van der Waals surface area contributed by atoms with E-state index in [1.807, 2.05) is 12.1 Å². The van der Waals surface area contributed by atoms with Crippen LogP contribution in [0.15, 0.2) is 53.5 Å². The van der Waals surface area contributed by atoms with Crippen molar-refractivity contribution in [3.05, 3.63) is 65.2 Å². The largest absolute Gasteiger partial charge is 0.488 e. The van der Waals surface area contributed by atoms with Crippen LogP contribution in [0.25, 0.3) is 0 Å². The third-order valence-corrected chi connectivity index (χ3v) is 6.22. The van der Waals surface area contributed by atoms with Crippen LogP contribution in [0, 0.1) is 0 Å². The lowest BCUT2D eigenvalue weighted by atomic mass is 10.1. The van der Waals surface area contributed by atoms with Crippen molar-refractivity contribution in [1.82, 2.24) is 20.4 Å². The average molecular weight is 564 g/mol. The molecule has 0 saturated carbocycles. The fourth-order valence-corrected chi connectivity index (χ4v) is 4.36. The van der Waals surface area contributed by atoms with Crippen LogP contribution in [0.3, 0.4) is 0 Å². The molecule has 4 rings (SSSR count). The summed E-state index contributed by atoms with van der Waals surface area (Å²) in [5.74, 6) is 1.85. The first-order valence-corrected chi connectivity index (χ1v) is 11.9. The van der Waals surface area contributed by atoms with Crippen molar-refractivity contribution in [2.75, 3.05) is 46.3 Å². The minimum atomic E-state index is 0. The van der Waals surface area contributed by atoms with Gasteiger partial charge in [-0.3, -0.25) is 4.90 Å². The number of likely N-dealkylation sites (N-methyl/N-ethyl adjacent to an activating group) is 1. The molecule has 1 saturated heterocycles. The maximum absolute atomic E-state index is 6.04. The molecule has 0 bridgehead atoms. The molecule has 1 fully saturated rings. The minimum Gasteiger partial charge on any atom is -0.488 e. The van der Waals surface area contributed by atoms with Crippen molar-refractivity contribution < 1.29 is 4.74 Å². The van der Waals surface area contributed by atoms with Crippen molar-refractivity contribution in [1.29, 1.82) is 0 Å². The molecule has 180 valence electrons. The number of para-hydroxylation sites is 1. The number of nitrogens with zero attached hydrogens (tertiary/aromatic N) is 3. The molecule has 2 aromatic rings. The van der Waals surface area contributed by atoms with Gasteiger partial charge in [-0.25, -0.2) is 4.99 Å². The number of hydrogen-bond donors (Lipinski definition) is 2. The molecule has 1 atom stereocenters. The fraction of sp³-hybridized carbons (Fsp3) is 0.500. The maximum Gasteiger partial charge on any atom is 0.191 e. The van der Waals surface area contributed by atoms with E-state index in [2.05, 4.69) is 70.8 Å². The van der Waals surface area contributed by atoms with Gasteiger partial charge in [-0.05, 0) is 56.2 Å². The lowest BCUT2D eigenvalue weighted by Gasteiger charge is -2.20. The van der Waals surface area contributed by atoms with Crippen molar-refractivity contribution in [2.45, 2.75) is 39.0 Å². The lowest BCUT2D eigenvalue weighted by Crippen LogP contribution is -2.42. The van der Waals surface area contributed by atoms with Gasteiger partial charge in [0.15, 0.2) is 5.96 Å². The number of aliphatic imine (C=N–C) groups is 1. The summed E-state index contributed by atoms with van der Waals surface area (Å²) in [5.41, 5.74) is 3.89. The predicted octanol–water partition coefficient (Wildman–Crippen LogP) is 3.50. The Balaban J connectivity index is 0.00000306. The summed E-state index contributed by atoms with van der Waals surface area (Å²) in [5, 5.41) is 6.79. The second-order valence-electron chi connectivity index (χ2n) is 8.88. The number of fused-ring (bicyclic) bond motifs is 1. The van der Waals surface area contributed by atoms with Crippen LogP contribution < -0.4 is 15.4 Å². The Morgan fingerprint density at radius 3 is 2.58 bits per heavy atom. The number of hydrogen-bond acceptors (Lipinski definition) is 4. The third-order valence-electron chi connectivity index (χ3n) is 6.22. The summed E-state index contributed by atoms with van der Waals surface area (Å²) >= 11 is 0. The summed E-state index contributed by atoms with van der Waals surface area (Å²) in [6.07, 6.45) is 2.34. The Kier molecular flexibility index (Phi) is 10.3. The van der Waals surface area contributed by atoms with Crippen LogP contribution in [-0.4, -0.2) is 68.2 Å². The standard InChI is InChI=1S/C26H37N5O.HI/c1-3-27-26(29-19-24-17-23-7-4-5-8-25(23)32-24)28-18-21-9-11-22(12-10-21)20-31-14-6-13-30(2)15-16-31;/h4-5,7-12,24H,3,6,13-20H2,1-2H3,(H2,27,28,29);1H. The third kappa shape index (κ3) is 7.86. The van der Waals surface area contributed by atoms with E-state index >= 15 is 0 Å². The highest BCUT2D eigenvalue weighted by Gasteiger charge is 2.22. The van der Waals surface area contributed by atoms with Crippen molar-refractivity contribution in [3.63, 3.8) is 0 Å². The van der Waals surface area contributed by atoms with Gasteiger partial charge in [-0.1, -0.05) is 42.5 Å². The Hall–Kier alpha value is -1.84. The number of guanidine groups is 1. The van der Waals surface area contributed by atoms with Crippen LogP contribution in [0.5, 0.6) is 5.75 Å². The summed E-state index contributed by atoms with van der Waals surface area (Å²) < 4.78 is 6.04. The molecular formula is C26H38IN5O. The highest BCUT2D eigenvalue weighted by Crippen LogP contribution is 2.27. The molecule has 0 aromatic heterocycles. The molecule has 2 N–H and O–H groups in total. The monoisotopic (exact) mass is 563 g/mol. The molecule has 2 heterocycles. The highest BCUT2D eigenvalue weighted by molar-refractivity contribution is 14.0. The smallest absolute Gasteiger partial charge is 0.191 e. The predicted molar refractivity (Wildman–Crippen MR) is 147 cm³/mol. The molecule has 33 heavy (non-hydrogen) atoms. The first-order chi connectivity index (χ1) is 15.7. The van der Waals surface area contributed by atoms with Crippen LogP contribution in [0.4, 0.5) is 0 Å². The fourth-order valence-electron chi connectivity index (χ4n) is 4.36. The molecule has 2 aromatic carbocycles. The molecule has 0 spiro atoms. The molecule has 2 aliphatic heterocycles. The van der Waals surface area contributed by atoms with E-state index in [0.717, 1.165) is 50.9 Å². The van der Waals surface area contributed by atoms with Gasteiger partial charge in [-0.2, -0.15) is 0 Å². The second-order valence-corrected chi connectivity index (χ2v) is 8.88. The molecule has 2 aliphatic rings. The van der Waals surface area contributed by atoms with E-state index < -0.39 is 0 Å². The zero-order chi connectivity index (χ0) is 22.2. The van der Waals surface area contributed by atoms with Gasteiger partial charge in [0.25, 0.3) is 0 Å². The SMILES string of the molecule is CCNC(=NCc1ccc(CN2CCCN(C)CC2)cc1)NCC1Cc2ccccc2O1.I. The number of halogens is 1. The van der Waals surface area contributed by atoms with E-state index in [4.69, 9.17) is 9.73 Å². The minimum absolute atomic E-state index is 0. The van der Waals surface area contributed by atoms with E-state index in [0.29, 0.717) is 6.54 Å². The van der Waals surface area contributed by atoms with Crippen LogP contribution in [0.2, 0.25) is 0 Å². The molecule has 0 amide bonds. The van der Waals surface area contributed by atoms with Crippen molar-refractivity contribution in [2.24, 2.45) is 4.99 Å². The Morgan fingerprint density at radius 1 is 1.00 bits per heavy atom. The van der Waals surface area contributed by atoms with E-state index in [-0.39, 0.29) is 30.1 Å². The Morgan fingerprint density at radius 2 is 1.79 bits per heavy atom. The van der Waals surface area contributed by atoms with Crippen molar-refractivity contribution in [3.8, 4) is 5.75 Å². The van der Waals surface area contributed by atoms with Gasteiger partial charge in [0.05, 0.1) is 13.1 Å². The molecule has 7 heteroatoms. The maximum atomic E-state index is 6.04. The first-order valence-electron chi connectivity index (χ1n) is 11.9. The van der Waals surface area contributed by atoms with E-state index in [9.17, 15) is 0 Å².